The minimum Gasteiger partial charge on any atom is -0.478 e. The lowest BCUT2D eigenvalue weighted by molar-refractivity contribution is 0.0696. The van der Waals surface area contributed by atoms with Crippen molar-refractivity contribution in [1.29, 1.82) is 0 Å². The lowest BCUT2D eigenvalue weighted by Gasteiger charge is -2.13. The van der Waals surface area contributed by atoms with E-state index >= 15 is 0 Å². The van der Waals surface area contributed by atoms with Crippen molar-refractivity contribution in [1.82, 2.24) is 0 Å². The standard InChI is InChI=1S/C13H17FO4S/c1-3-9(4-2)8-19(17,18)12-7-10(13(15)16)5-6-11(12)14/h5-7,9H,3-4,8H2,1-2H3,(H,15,16). The number of sulfone groups is 1. The summed E-state index contributed by atoms with van der Waals surface area (Å²) in [5.41, 5.74) is -0.232. The number of halogens is 1. The first-order valence-electron chi connectivity index (χ1n) is 6.07. The number of carboxylic acid groups (broad SMARTS) is 1. The smallest absolute Gasteiger partial charge is 0.335 e. The van der Waals surface area contributed by atoms with Gasteiger partial charge in [-0.3, -0.25) is 0 Å². The maximum Gasteiger partial charge on any atom is 0.335 e. The Morgan fingerprint density at radius 3 is 2.37 bits per heavy atom. The van der Waals surface area contributed by atoms with Gasteiger partial charge >= 0.3 is 5.97 Å². The van der Waals surface area contributed by atoms with E-state index in [9.17, 15) is 17.6 Å². The molecule has 1 rings (SSSR count). The fourth-order valence-electron chi connectivity index (χ4n) is 1.80. The summed E-state index contributed by atoms with van der Waals surface area (Å²) >= 11 is 0. The third-order valence-electron chi connectivity index (χ3n) is 3.12. The maximum absolute atomic E-state index is 13.6. The van der Waals surface area contributed by atoms with E-state index in [1.165, 1.54) is 0 Å². The molecule has 0 saturated carbocycles. The SMILES string of the molecule is CCC(CC)CS(=O)(=O)c1cc(C(=O)O)ccc1F. The zero-order valence-electron chi connectivity index (χ0n) is 10.9. The van der Waals surface area contributed by atoms with Crippen molar-refractivity contribution in [3.05, 3.63) is 29.6 Å². The quantitative estimate of drug-likeness (QED) is 0.873. The summed E-state index contributed by atoms with van der Waals surface area (Å²) in [6.07, 6.45) is 1.35. The maximum atomic E-state index is 13.6. The van der Waals surface area contributed by atoms with Crippen LogP contribution in [0.2, 0.25) is 0 Å². The molecular formula is C13H17FO4S. The summed E-state index contributed by atoms with van der Waals surface area (Å²) < 4.78 is 37.9. The Balaban J connectivity index is 3.20. The predicted molar refractivity (Wildman–Crippen MR) is 69.5 cm³/mol. The number of benzene rings is 1. The number of carboxylic acids is 1. The van der Waals surface area contributed by atoms with Crippen molar-refractivity contribution in [3.8, 4) is 0 Å². The van der Waals surface area contributed by atoms with Crippen LogP contribution in [0, 0.1) is 11.7 Å². The Morgan fingerprint density at radius 2 is 1.89 bits per heavy atom. The van der Waals surface area contributed by atoms with Gasteiger partial charge < -0.3 is 5.11 Å². The van der Waals surface area contributed by atoms with E-state index in [0.717, 1.165) is 18.2 Å². The summed E-state index contributed by atoms with van der Waals surface area (Å²) in [5, 5.41) is 8.82. The van der Waals surface area contributed by atoms with E-state index in [1.807, 2.05) is 13.8 Å². The Labute approximate surface area is 112 Å². The van der Waals surface area contributed by atoms with Crippen LogP contribution in [-0.2, 0) is 9.84 Å². The Hall–Kier alpha value is -1.43. The van der Waals surface area contributed by atoms with E-state index in [2.05, 4.69) is 0 Å². The molecule has 6 heteroatoms. The second-order valence-electron chi connectivity index (χ2n) is 4.41. The number of hydrogen-bond donors (Lipinski definition) is 1. The molecular weight excluding hydrogens is 271 g/mol. The van der Waals surface area contributed by atoms with Crippen LogP contribution < -0.4 is 0 Å². The van der Waals surface area contributed by atoms with Gasteiger partial charge in [-0.25, -0.2) is 17.6 Å². The minimum absolute atomic E-state index is 0.0575. The Bertz CT molecular complexity index is 562. The molecule has 0 aliphatic carbocycles. The van der Waals surface area contributed by atoms with Gasteiger partial charge in [-0.05, 0) is 24.1 Å². The van der Waals surface area contributed by atoms with Gasteiger partial charge in [0, 0.05) is 0 Å². The van der Waals surface area contributed by atoms with E-state index in [0.29, 0.717) is 12.8 Å². The second-order valence-corrected chi connectivity index (χ2v) is 6.42. The van der Waals surface area contributed by atoms with Gasteiger partial charge in [0.25, 0.3) is 0 Å². The van der Waals surface area contributed by atoms with E-state index in [-0.39, 0.29) is 17.2 Å². The summed E-state index contributed by atoms with van der Waals surface area (Å²) in [4.78, 5) is 10.3. The van der Waals surface area contributed by atoms with Crippen molar-refractivity contribution in [2.75, 3.05) is 5.75 Å². The van der Waals surface area contributed by atoms with Gasteiger partial charge in [-0.15, -0.1) is 0 Å². The molecule has 0 spiro atoms. The summed E-state index contributed by atoms with van der Waals surface area (Å²) in [6.45, 7) is 3.74. The van der Waals surface area contributed by atoms with Crippen LogP contribution in [0.15, 0.2) is 23.1 Å². The zero-order valence-corrected chi connectivity index (χ0v) is 11.7. The van der Waals surface area contributed by atoms with Crippen LogP contribution in [0.1, 0.15) is 37.0 Å². The van der Waals surface area contributed by atoms with Crippen LogP contribution in [0.4, 0.5) is 4.39 Å². The predicted octanol–water partition coefficient (Wildman–Crippen LogP) is 2.73. The highest BCUT2D eigenvalue weighted by Gasteiger charge is 2.24. The number of aromatic carboxylic acids is 1. The number of rotatable bonds is 6. The van der Waals surface area contributed by atoms with Crippen LogP contribution in [0.25, 0.3) is 0 Å². The van der Waals surface area contributed by atoms with Crippen molar-refractivity contribution < 1.29 is 22.7 Å². The molecule has 0 amide bonds. The van der Waals surface area contributed by atoms with Crippen molar-refractivity contribution >= 4 is 15.8 Å². The highest BCUT2D eigenvalue weighted by molar-refractivity contribution is 7.91. The van der Waals surface area contributed by atoms with Crippen molar-refractivity contribution in [2.45, 2.75) is 31.6 Å². The molecule has 0 fully saturated rings. The van der Waals surface area contributed by atoms with Crippen LogP contribution in [0.3, 0.4) is 0 Å². The van der Waals surface area contributed by atoms with Gasteiger partial charge in [0.05, 0.1) is 11.3 Å². The van der Waals surface area contributed by atoms with E-state index < -0.39 is 26.5 Å². The third kappa shape index (κ3) is 3.76. The number of hydrogen-bond acceptors (Lipinski definition) is 3. The molecule has 0 aromatic heterocycles. The Kier molecular flexibility index (Phi) is 5.05. The fourth-order valence-corrected chi connectivity index (χ4v) is 3.74. The summed E-state index contributed by atoms with van der Waals surface area (Å²) in [5.74, 6) is -2.41. The minimum atomic E-state index is -3.81. The molecule has 0 saturated heterocycles. The molecule has 0 aliphatic heterocycles. The van der Waals surface area contributed by atoms with Gasteiger partial charge in [0.1, 0.15) is 10.7 Å². The average molecular weight is 288 g/mol. The average Bonchev–Trinajstić information content (AvgIpc) is 2.35. The molecule has 1 aromatic carbocycles. The lowest BCUT2D eigenvalue weighted by Crippen LogP contribution is -2.17. The fraction of sp³-hybridized carbons (Fsp3) is 0.462. The largest absolute Gasteiger partial charge is 0.478 e. The molecule has 1 N–H and O–H groups in total. The highest BCUT2D eigenvalue weighted by Crippen LogP contribution is 2.22. The van der Waals surface area contributed by atoms with Crippen LogP contribution in [-0.4, -0.2) is 25.2 Å². The Morgan fingerprint density at radius 1 is 1.32 bits per heavy atom. The molecule has 0 aliphatic rings. The zero-order chi connectivity index (χ0) is 14.6. The van der Waals surface area contributed by atoms with Crippen LogP contribution in [0.5, 0.6) is 0 Å². The number of carbonyl (C=O) groups is 1. The van der Waals surface area contributed by atoms with Gasteiger partial charge in [0.2, 0.25) is 0 Å². The van der Waals surface area contributed by atoms with E-state index in [1.54, 1.807) is 0 Å². The molecule has 0 unspecified atom stereocenters. The molecule has 0 radical (unpaired) electrons. The summed E-state index contributed by atoms with van der Waals surface area (Å²) in [7, 11) is -3.81. The normalized spacial score (nSPS) is 11.8. The third-order valence-corrected chi connectivity index (χ3v) is 5.02. The first kappa shape index (κ1) is 15.6. The first-order valence-corrected chi connectivity index (χ1v) is 7.72. The van der Waals surface area contributed by atoms with E-state index in [4.69, 9.17) is 5.11 Å². The topological polar surface area (TPSA) is 71.4 Å². The monoisotopic (exact) mass is 288 g/mol. The molecule has 4 nitrogen and oxygen atoms in total. The molecule has 0 bridgehead atoms. The van der Waals surface area contributed by atoms with Gasteiger partial charge in [-0.2, -0.15) is 0 Å². The molecule has 1 aromatic rings. The van der Waals surface area contributed by atoms with Crippen molar-refractivity contribution in [2.24, 2.45) is 5.92 Å². The first-order chi connectivity index (χ1) is 8.81. The molecule has 0 heterocycles. The van der Waals surface area contributed by atoms with Gasteiger partial charge in [0.15, 0.2) is 9.84 Å². The van der Waals surface area contributed by atoms with Crippen LogP contribution >= 0.6 is 0 Å². The molecule has 106 valence electrons. The summed E-state index contributed by atoms with van der Waals surface area (Å²) in [6, 6.07) is 2.81. The highest BCUT2D eigenvalue weighted by atomic mass is 32.2. The molecule has 0 atom stereocenters. The second kappa shape index (κ2) is 6.14. The van der Waals surface area contributed by atoms with Gasteiger partial charge in [-0.1, -0.05) is 26.7 Å². The molecule has 19 heavy (non-hydrogen) atoms. The lowest BCUT2D eigenvalue weighted by atomic mass is 10.1. The van der Waals surface area contributed by atoms with Crippen molar-refractivity contribution in [3.63, 3.8) is 0 Å².